The Morgan fingerprint density at radius 1 is 0.182 bits per heavy atom. The van der Waals surface area contributed by atoms with E-state index in [9.17, 15) is 0 Å². The van der Waals surface area contributed by atoms with Gasteiger partial charge in [0.2, 0.25) is 0 Å². The van der Waals surface area contributed by atoms with Gasteiger partial charge in [0.15, 0.2) is 16.1 Å². The highest BCUT2D eigenvalue weighted by atomic mass is 28.3. The second-order valence-electron chi connectivity index (χ2n) is 23.1. The maximum absolute atomic E-state index is 3.03. The Labute approximate surface area is 515 Å². The standard InChI is InChI=1S/C84H60N2Si2/c1-8-28-61(29-9-1)62-30-24-46-74(56-62)88(71-41-18-6-19-42-71,72-43-20-7-21-44-72)75-47-26-34-67(60-75)85-82-54-52-64(63-31-25-45-73(57-63)87(68-35-12-3-13-36-68,69-37-14-4-15-38-69)70-39-16-5-17-40-70)58-79(82)80-59-65(53-55-83(80)85)76-49-27-50-78-77-48-22-23-51-81(77)86(84(76)78)66-32-10-2-11-33-66/h1-60H. The molecule has 0 fully saturated rings. The van der Waals surface area contributed by atoms with Gasteiger partial charge in [0.25, 0.3) is 0 Å². The first-order valence-corrected chi connectivity index (χ1v) is 34.5. The molecule has 2 heterocycles. The second kappa shape index (κ2) is 22.2. The molecule has 0 N–H and O–H groups in total. The van der Waals surface area contributed by atoms with Gasteiger partial charge in [0.1, 0.15) is 0 Å². The van der Waals surface area contributed by atoms with Crippen LogP contribution in [-0.2, 0) is 0 Å². The second-order valence-corrected chi connectivity index (χ2v) is 30.7. The van der Waals surface area contributed by atoms with Crippen LogP contribution in [0.4, 0.5) is 0 Å². The number of nitrogens with zero attached hydrogens (tertiary/aromatic N) is 2. The van der Waals surface area contributed by atoms with Crippen LogP contribution < -0.4 is 41.5 Å². The van der Waals surface area contributed by atoms with Crippen molar-refractivity contribution in [2.45, 2.75) is 0 Å². The van der Waals surface area contributed by atoms with Crippen molar-refractivity contribution >= 4 is 101 Å². The van der Waals surface area contributed by atoms with Gasteiger partial charge in [-0.3, -0.25) is 0 Å². The Morgan fingerprint density at radius 2 is 0.523 bits per heavy atom. The lowest BCUT2D eigenvalue weighted by Gasteiger charge is -2.35. The molecule has 0 aliphatic heterocycles. The van der Waals surface area contributed by atoms with E-state index in [-0.39, 0.29) is 0 Å². The Morgan fingerprint density at radius 3 is 1.06 bits per heavy atom. The zero-order valence-corrected chi connectivity index (χ0v) is 50.5. The van der Waals surface area contributed by atoms with Crippen LogP contribution in [0.2, 0.25) is 0 Å². The third kappa shape index (κ3) is 8.67. The average Bonchev–Trinajstić information content (AvgIpc) is 1.52. The van der Waals surface area contributed by atoms with E-state index in [0.29, 0.717) is 0 Å². The minimum absolute atomic E-state index is 1.12. The van der Waals surface area contributed by atoms with Crippen molar-refractivity contribution in [3.63, 3.8) is 0 Å². The zero-order chi connectivity index (χ0) is 58.4. The number of rotatable bonds is 13. The summed E-state index contributed by atoms with van der Waals surface area (Å²) in [7, 11) is -5.86. The van der Waals surface area contributed by atoms with Crippen molar-refractivity contribution in [2.75, 3.05) is 0 Å². The van der Waals surface area contributed by atoms with Crippen LogP contribution in [0.1, 0.15) is 0 Å². The molecule has 0 unspecified atom stereocenters. The molecular weight excluding hydrogens is 1090 g/mol. The molecule has 88 heavy (non-hydrogen) atoms. The van der Waals surface area contributed by atoms with Gasteiger partial charge in [-0.2, -0.15) is 0 Å². The molecule has 2 nitrogen and oxygen atoms in total. The average molecular weight is 1150 g/mol. The number of fused-ring (bicyclic) bond motifs is 6. The van der Waals surface area contributed by atoms with Crippen LogP contribution in [-0.4, -0.2) is 25.3 Å². The van der Waals surface area contributed by atoms with Crippen LogP contribution in [0.5, 0.6) is 0 Å². The van der Waals surface area contributed by atoms with Crippen molar-refractivity contribution in [3.8, 4) is 44.8 Å². The molecule has 414 valence electrons. The van der Waals surface area contributed by atoms with E-state index in [1.165, 1.54) is 107 Å². The van der Waals surface area contributed by atoms with Crippen molar-refractivity contribution in [3.05, 3.63) is 364 Å². The smallest absolute Gasteiger partial charge is 0.179 e. The van der Waals surface area contributed by atoms with Crippen LogP contribution >= 0.6 is 0 Å². The van der Waals surface area contributed by atoms with E-state index >= 15 is 0 Å². The lowest BCUT2D eigenvalue weighted by Crippen LogP contribution is -2.74. The SMILES string of the molecule is c1ccc(-c2cccc([Si](c3ccccc3)(c3ccccc3)c3cccc(-n4c5ccc(-c6cccc([Si](c7ccccc7)(c7ccccc7)c7ccccc7)c6)cc5c5cc(-c6cccc7c8ccccc8n(-c8ccccc8)c67)ccc54)c3)c2)cc1. The predicted octanol–water partition coefficient (Wildman–Crippen LogP) is 15.6. The number of benzene rings is 14. The van der Waals surface area contributed by atoms with Crippen molar-refractivity contribution < 1.29 is 0 Å². The first-order chi connectivity index (χ1) is 43.7. The summed E-state index contributed by atoms with van der Waals surface area (Å²) in [5.74, 6) is 0. The van der Waals surface area contributed by atoms with Crippen LogP contribution in [0, 0.1) is 0 Å². The van der Waals surface area contributed by atoms with E-state index in [1.807, 2.05) is 0 Å². The molecule has 0 bridgehead atoms. The molecule has 14 aromatic carbocycles. The third-order valence-electron chi connectivity index (χ3n) is 18.4. The van der Waals surface area contributed by atoms with Crippen molar-refractivity contribution in [1.29, 1.82) is 0 Å². The molecular formula is C84H60N2Si2. The van der Waals surface area contributed by atoms with Gasteiger partial charge in [-0.25, -0.2) is 0 Å². The third-order valence-corrected chi connectivity index (χ3v) is 27.9. The van der Waals surface area contributed by atoms with Gasteiger partial charge in [0, 0.05) is 38.5 Å². The fraction of sp³-hybridized carbons (Fsp3) is 0. The van der Waals surface area contributed by atoms with E-state index < -0.39 is 16.1 Å². The topological polar surface area (TPSA) is 9.86 Å². The molecule has 0 radical (unpaired) electrons. The Hall–Kier alpha value is -10.9. The summed E-state index contributed by atoms with van der Waals surface area (Å²) in [6, 6.07) is 137. The highest BCUT2D eigenvalue weighted by molar-refractivity contribution is 7.20. The molecule has 0 atom stereocenters. The summed E-state index contributed by atoms with van der Waals surface area (Å²) in [6.07, 6.45) is 0. The van der Waals surface area contributed by atoms with Gasteiger partial charge in [-0.05, 0) is 124 Å². The molecule has 0 saturated carbocycles. The normalized spacial score (nSPS) is 11.9. The van der Waals surface area contributed by atoms with Gasteiger partial charge in [-0.1, -0.05) is 309 Å². The van der Waals surface area contributed by atoms with Crippen LogP contribution in [0.3, 0.4) is 0 Å². The summed E-state index contributed by atoms with van der Waals surface area (Å²) < 4.78 is 4.99. The highest BCUT2D eigenvalue weighted by Crippen LogP contribution is 2.42. The minimum Gasteiger partial charge on any atom is -0.309 e. The van der Waals surface area contributed by atoms with E-state index in [0.717, 1.165) is 22.4 Å². The summed E-state index contributed by atoms with van der Waals surface area (Å²) in [5.41, 5.74) is 14.1. The number of aromatic nitrogens is 2. The molecule has 0 spiro atoms. The number of hydrogen-bond acceptors (Lipinski definition) is 0. The predicted molar refractivity (Wildman–Crippen MR) is 379 cm³/mol. The fourth-order valence-electron chi connectivity index (χ4n) is 14.6. The first-order valence-electron chi connectivity index (χ1n) is 30.5. The maximum Gasteiger partial charge on any atom is 0.179 e. The van der Waals surface area contributed by atoms with Crippen molar-refractivity contribution in [1.82, 2.24) is 9.13 Å². The van der Waals surface area contributed by atoms with Crippen molar-refractivity contribution in [2.24, 2.45) is 0 Å². The summed E-state index contributed by atoms with van der Waals surface area (Å²) in [6.45, 7) is 0. The molecule has 0 aliphatic rings. The minimum atomic E-state index is -3.03. The summed E-state index contributed by atoms with van der Waals surface area (Å²) >= 11 is 0. The molecule has 0 aliphatic carbocycles. The molecule has 0 amide bonds. The molecule has 16 rings (SSSR count). The highest BCUT2D eigenvalue weighted by Gasteiger charge is 2.43. The van der Waals surface area contributed by atoms with Gasteiger partial charge >= 0.3 is 0 Å². The summed E-state index contributed by atoms with van der Waals surface area (Å²) in [5, 5.41) is 15.6. The number of para-hydroxylation sites is 3. The van der Waals surface area contributed by atoms with E-state index in [1.54, 1.807) is 0 Å². The Bertz CT molecular complexity index is 5040. The lowest BCUT2D eigenvalue weighted by atomic mass is 9.98. The first kappa shape index (κ1) is 52.7. The monoisotopic (exact) mass is 1150 g/mol. The molecule has 4 heteroatoms. The van der Waals surface area contributed by atoms with Gasteiger partial charge in [-0.15, -0.1) is 0 Å². The Balaban J connectivity index is 0.948. The lowest BCUT2D eigenvalue weighted by molar-refractivity contribution is 1.18. The molecule has 0 saturated heterocycles. The molecule has 2 aromatic heterocycles. The largest absolute Gasteiger partial charge is 0.309 e. The van der Waals surface area contributed by atoms with E-state index in [4.69, 9.17) is 0 Å². The maximum atomic E-state index is 2.54. The number of hydrogen-bond donors (Lipinski definition) is 0. The van der Waals surface area contributed by atoms with E-state index in [2.05, 4.69) is 373 Å². The van der Waals surface area contributed by atoms with Crippen LogP contribution in [0.25, 0.3) is 88.4 Å². The zero-order valence-electron chi connectivity index (χ0n) is 48.5. The summed E-state index contributed by atoms with van der Waals surface area (Å²) in [4.78, 5) is 0. The van der Waals surface area contributed by atoms with Crippen LogP contribution in [0.15, 0.2) is 364 Å². The quantitative estimate of drug-likeness (QED) is 0.0804. The molecule has 16 aromatic rings. The van der Waals surface area contributed by atoms with Gasteiger partial charge in [0.05, 0.1) is 22.1 Å². The fourth-order valence-corrected chi connectivity index (χ4v) is 24.2. The Kier molecular flexibility index (Phi) is 13.3. The van der Waals surface area contributed by atoms with Gasteiger partial charge < -0.3 is 9.13 Å².